The number of nitrogens with one attached hydrogen (secondary N) is 1. The molecule has 0 aromatic carbocycles. The molecular formula is C12H16N2O3. The van der Waals surface area contributed by atoms with Gasteiger partial charge in [-0.3, -0.25) is 9.59 Å². The molecule has 2 rings (SSSR count). The molecule has 17 heavy (non-hydrogen) atoms. The fourth-order valence-electron chi connectivity index (χ4n) is 2.32. The summed E-state index contributed by atoms with van der Waals surface area (Å²) in [6, 6.07) is 3.49. The van der Waals surface area contributed by atoms with Crippen molar-refractivity contribution in [3.63, 3.8) is 0 Å². The van der Waals surface area contributed by atoms with Crippen LogP contribution in [0.2, 0.25) is 0 Å². The molecule has 0 bridgehead atoms. The Bertz CT molecular complexity index is 413. The number of carboxylic acids is 1. The first-order valence-corrected chi connectivity index (χ1v) is 5.76. The van der Waals surface area contributed by atoms with Crippen LogP contribution >= 0.6 is 0 Å². The Labute approximate surface area is 99.4 Å². The highest BCUT2D eigenvalue weighted by Gasteiger charge is 2.32. The number of hydrogen-bond donors (Lipinski definition) is 2. The van der Waals surface area contributed by atoms with Crippen LogP contribution in [0.4, 0.5) is 0 Å². The van der Waals surface area contributed by atoms with Gasteiger partial charge in [0.05, 0.1) is 5.92 Å². The number of carboxylic acid groups (broad SMARTS) is 1. The maximum absolute atomic E-state index is 12.1. The number of aromatic nitrogens is 1. The lowest BCUT2D eigenvalue weighted by Gasteiger charge is -2.36. The molecule has 0 saturated carbocycles. The number of aromatic amines is 1. The maximum Gasteiger partial charge on any atom is 0.306 e. The largest absolute Gasteiger partial charge is 0.481 e. The number of amides is 1. The van der Waals surface area contributed by atoms with E-state index in [1.54, 1.807) is 23.2 Å². The van der Waals surface area contributed by atoms with Crippen LogP contribution in [0.1, 0.15) is 30.3 Å². The molecule has 0 spiro atoms. The first-order chi connectivity index (χ1) is 8.09. The number of carbonyl (C=O) groups excluding carboxylic acids is 1. The molecule has 1 aromatic heterocycles. The number of carbonyl (C=O) groups is 2. The van der Waals surface area contributed by atoms with Crippen LogP contribution in [-0.4, -0.2) is 39.5 Å². The zero-order chi connectivity index (χ0) is 12.4. The molecule has 1 aliphatic heterocycles. The second-order valence-electron chi connectivity index (χ2n) is 4.49. The lowest BCUT2D eigenvalue weighted by molar-refractivity contribution is -0.143. The lowest BCUT2D eigenvalue weighted by atomic mass is 9.91. The minimum absolute atomic E-state index is 0.0272. The number of nitrogens with zero attached hydrogens (tertiary/aromatic N) is 1. The fraction of sp³-hybridized carbons (Fsp3) is 0.500. The second kappa shape index (κ2) is 4.61. The van der Waals surface area contributed by atoms with Gasteiger partial charge in [0.15, 0.2) is 0 Å². The SMILES string of the molecule is CC1CC(C(=O)O)CCN1C(=O)c1ccc[nH]1. The Morgan fingerprint density at radius 1 is 1.53 bits per heavy atom. The molecular weight excluding hydrogens is 220 g/mol. The van der Waals surface area contributed by atoms with Crippen LogP contribution in [0.5, 0.6) is 0 Å². The average molecular weight is 236 g/mol. The minimum Gasteiger partial charge on any atom is -0.481 e. The van der Waals surface area contributed by atoms with Crippen molar-refractivity contribution in [1.82, 2.24) is 9.88 Å². The quantitative estimate of drug-likeness (QED) is 0.813. The molecule has 5 nitrogen and oxygen atoms in total. The van der Waals surface area contributed by atoms with Crippen molar-refractivity contribution < 1.29 is 14.7 Å². The van der Waals surface area contributed by atoms with Crippen molar-refractivity contribution in [2.45, 2.75) is 25.8 Å². The molecule has 0 aliphatic carbocycles. The van der Waals surface area contributed by atoms with Crippen molar-refractivity contribution in [3.8, 4) is 0 Å². The van der Waals surface area contributed by atoms with E-state index in [2.05, 4.69) is 4.98 Å². The van der Waals surface area contributed by atoms with Crippen LogP contribution in [0.25, 0.3) is 0 Å². The Morgan fingerprint density at radius 2 is 2.29 bits per heavy atom. The first kappa shape index (κ1) is 11.7. The van der Waals surface area contributed by atoms with Gasteiger partial charge in [0.25, 0.3) is 5.91 Å². The highest BCUT2D eigenvalue weighted by atomic mass is 16.4. The number of H-pyrrole nitrogens is 1. The number of aliphatic carboxylic acids is 1. The van der Waals surface area contributed by atoms with E-state index >= 15 is 0 Å². The Morgan fingerprint density at radius 3 is 2.82 bits per heavy atom. The Hall–Kier alpha value is -1.78. The van der Waals surface area contributed by atoms with Gasteiger partial charge >= 0.3 is 5.97 Å². The summed E-state index contributed by atoms with van der Waals surface area (Å²) in [6.45, 7) is 2.41. The fourth-order valence-corrected chi connectivity index (χ4v) is 2.32. The summed E-state index contributed by atoms with van der Waals surface area (Å²) in [5.74, 6) is -1.13. The molecule has 1 aromatic rings. The van der Waals surface area contributed by atoms with E-state index in [1.807, 2.05) is 6.92 Å². The highest BCUT2D eigenvalue weighted by Crippen LogP contribution is 2.24. The Balaban J connectivity index is 2.05. The molecule has 1 aliphatic rings. The average Bonchev–Trinajstić information content (AvgIpc) is 2.81. The van der Waals surface area contributed by atoms with Crippen LogP contribution in [0.15, 0.2) is 18.3 Å². The standard InChI is InChI=1S/C12H16N2O3/c1-8-7-9(12(16)17)4-6-14(8)11(15)10-3-2-5-13-10/h2-3,5,8-9,13H,4,6-7H2,1H3,(H,16,17). The highest BCUT2D eigenvalue weighted by molar-refractivity contribution is 5.92. The summed E-state index contributed by atoms with van der Waals surface area (Å²) in [7, 11) is 0. The second-order valence-corrected chi connectivity index (χ2v) is 4.49. The van der Waals surface area contributed by atoms with Gasteiger partial charge in [-0.2, -0.15) is 0 Å². The number of rotatable bonds is 2. The monoisotopic (exact) mass is 236 g/mol. The van der Waals surface area contributed by atoms with Gasteiger partial charge in [0.2, 0.25) is 0 Å². The predicted molar refractivity (Wildman–Crippen MR) is 61.7 cm³/mol. The van der Waals surface area contributed by atoms with Gasteiger partial charge in [0.1, 0.15) is 5.69 Å². The third kappa shape index (κ3) is 2.33. The maximum atomic E-state index is 12.1. The minimum atomic E-state index is -0.760. The first-order valence-electron chi connectivity index (χ1n) is 5.76. The van der Waals surface area contributed by atoms with E-state index in [9.17, 15) is 9.59 Å². The molecule has 92 valence electrons. The van der Waals surface area contributed by atoms with E-state index in [0.717, 1.165) is 0 Å². The van der Waals surface area contributed by atoms with E-state index in [4.69, 9.17) is 5.11 Å². The third-order valence-corrected chi connectivity index (χ3v) is 3.31. The molecule has 2 heterocycles. The van der Waals surface area contributed by atoms with Crippen molar-refractivity contribution >= 4 is 11.9 Å². The van der Waals surface area contributed by atoms with Crippen LogP contribution < -0.4 is 0 Å². The van der Waals surface area contributed by atoms with Gasteiger partial charge < -0.3 is 15.0 Å². The van der Waals surface area contributed by atoms with E-state index < -0.39 is 5.97 Å². The van der Waals surface area contributed by atoms with Gasteiger partial charge in [-0.15, -0.1) is 0 Å². The normalized spacial score (nSPS) is 24.6. The molecule has 1 amide bonds. The van der Waals surface area contributed by atoms with Gasteiger partial charge in [-0.05, 0) is 31.9 Å². The topological polar surface area (TPSA) is 73.4 Å². The summed E-state index contributed by atoms with van der Waals surface area (Å²) in [5, 5.41) is 8.96. The summed E-state index contributed by atoms with van der Waals surface area (Å²) in [6.07, 6.45) is 2.77. The number of hydrogen-bond acceptors (Lipinski definition) is 2. The summed E-state index contributed by atoms with van der Waals surface area (Å²) in [4.78, 5) is 27.6. The summed E-state index contributed by atoms with van der Waals surface area (Å²) < 4.78 is 0. The van der Waals surface area contributed by atoms with Crippen molar-refractivity contribution in [2.75, 3.05) is 6.54 Å². The summed E-state index contributed by atoms with van der Waals surface area (Å²) >= 11 is 0. The van der Waals surface area contributed by atoms with Gasteiger partial charge in [-0.25, -0.2) is 0 Å². The molecule has 2 N–H and O–H groups in total. The molecule has 2 atom stereocenters. The number of likely N-dealkylation sites (tertiary alicyclic amines) is 1. The van der Waals surface area contributed by atoms with Crippen molar-refractivity contribution in [2.24, 2.45) is 5.92 Å². The molecule has 0 radical (unpaired) electrons. The lowest BCUT2D eigenvalue weighted by Crippen LogP contribution is -2.46. The van der Waals surface area contributed by atoms with Crippen LogP contribution in [0.3, 0.4) is 0 Å². The van der Waals surface area contributed by atoms with Gasteiger partial charge in [0, 0.05) is 18.8 Å². The zero-order valence-corrected chi connectivity index (χ0v) is 9.72. The third-order valence-electron chi connectivity index (χ3n) is 3.31. The van der Waals surface area contributed by atoms with E-state index in [-0.39, 0.29) is 17.9 Å². The van der Waals surface area contributed by atoms with Crippen molar-refractivity contribution in [3.05, 3.63) is 24.0 Å². The van der Waals surface area contributed by atoms with Crippen molar-refractivity contribution in [1.29, 1.82) is 0 Å². The molecule has 2 unspecified atom stereocenters. The molecule has 1 fully saturated rings. The van der Waals surface area contributed by atoms with E-state index in [0.29, 0.717) is 25.1 Å². The van der Waals surface area contributed by atoms with Crippen LogP contribution in [0, 0.1) is 5.92 Å². The zero-order valence-electron chi connectivity index (χ0n) is 9.72. The smallest absolute Gasteiger partial charge is 0.306 e. The molecule has 5 heteroatoms. The predicted octanol–water partition coefficient (Wildman–Crippen LogP) is 1.34. The summed E-state index contributed by atoms with van der Waals surface area (Å²) in [5.41, 5.74) is 0.561. The van der Waals surface area contributed by atoms with Crippen LogP contribution in [-0.2, 0) is 4.79 Å². The number of piperidine rings is 1. The van der Waals surface area contributed by atoms with E-state index in [1.165, 1.54) is 0 Å². The van der Waals surface area contributed by atoms with Gasteiger partial charge in [-0.1, -0.05) is 0 Å². The Kier molecular flexibility index (Phi) is 3.17. The molecule has 1 saturated heterocycles.